The van der Waals surface area contributed by atoms with E-state index in [0.717, 1.165) is 0 Å². The number of aromatic nitrogens is 2. The summed E-state index contributed by atoms with van der Waals surface area (Å²) >= 11 is 0. The van der Waals surface area contributed by atoms with Gasteiger partial charge < -0.3 is 37.9 Å². The van der Waals surface area contributed by atoms with Crippen molar-refractivity contribution in [3.63, 3.8) is 0 Å². The Hall–Kier alpha value is -2.99. The van der Waals surface area contributed by atoms with E-state index in [2.05, 4.69) is 20.6 Å². The Kier molecular flexibility index (Phi) is 10.3. The van der Waals surface area contributed by atoms with Gasteiger partial charge in [-0.15, -0.1) is 0 Å². The van der Waals surface area contributed by atoms with Crippen molar-refractivity contribution in [2.75, 3.05) is 6.54 Å². The summed E-state index contributed by atoms with van der Waals surface area (Å²) in [4.78, 5) is 53.8. The normalized spacial score (nSPS) is 13.9. The van der Waals surface area contributed by atoms with Crippen LogP contribution in [0.1, 0.15) is 37.8 Å². The van der Waals surface area contributed by atoms with Crippen molar-refractivity contribution in [2.24, 2.45) is 17.2 Å². The summed E-state index contributed by atoms with van der Waals surface area (Å²) in [6, 6.07) is -3.22. The number of nitrogens with zero attached hydrogens (tertiary/aromatic N) is 1. The summed E-state index contributed by atoms with van der Waals surface area (Å²) in [5.74, 6) is -3.09. The molecule has 3 atom stereocenters. The van der Waals surface area contributed by atoms with E-state index in [1.165, 1.54) is 12.5 Å². The van der Waals surface area contributed by atoms with Gasteiger partial charge in [0.1, 0.15) is 12.1 Å². The van der Waals surface area contributed by atoms with Crippen LogP contribution >= 0.6 is 0 Å². The molecule has 29 heavy (non-hydrogen) atoms. The van der Waals surface area contributed by atoms with E-state index >= 15 is 0 Å². The predicted octanol–water partition coefficient (Wildman–Crippen LogP) is -2.27. The number of nitrogens with two attached hydrogens (primary N) is 3. The highest BCUT2D eigenvalue weighted by Gasteiger charge is 2.28. The minimum Gasteiger partial charge on any atom is -0.480 e. The van der Waals surface area contributed by atoms with Gasteiger partial charge in [0.15, 0.2) is 0 Å². The number of carboxylic acids is 1. The lowest BCUT2D eigenvalue weighted by molar-refractivity contribution is -0.142. The van der Waals surface area contributed by atoms with Gasteiger partial charge in [-0.1, -0.05) is 0 Å². The van der Waals surface area contributed by atoms with Crippen LogP contribution in [0.5, 0.6) is 0 Å². The lowest BCUT2D eigenvalue weighted by atomic mass is 10.1. The first-order valence-electron chi connectivity index (χ1n) is 9.29. The van der Waals surface area contributed by atoms with Crippen molar-refractivity contribution in [1.29, 1.82) is 0 Å². The first-order chi connectivity index (χ1) is 13.7. The summed E-state index contributed by atoms with van der Waals surface area (Å²) in [6.07, 6.45) is 4.27. The lowest BCUT2D eigenvalue weighted by Gasteiger charge is -2.22. The Balaban J connectivity index is 2.76. The Labute approximate surface area is 168 Å². The number of hydrogen-bond acceptors (Lipinski definition) is 7. The van der Waals surface area contributed by atoms with Crippen LogP contribution in [0.2, 0.25) is 0 Å². The molecule has 0 fully saturated rings. The standard InChI is InChI=1S/C17H29N7O5/c18-6-2-1-3-12(23-15(26)11(19)4-5-14(20)25)16(27)24-13(17(28)29)7-10-8-21-9-22-10/h8-9,11-13H,1-7,18-19H2,(H2,20,25)(H,21,22)(H,23,26)(H,24,27)(H,28,29)/t11-,12-,13-/m0/s1. The molecule has 3 amide bonds. The molecule has 10 N–H and O–H groups in total. The molecule has 0 aromatic carbocycles. The summed E-state index contributed by atoms with van der Waals surface area (Å²) in [6.45, 7) is 0.415. The molecule has 1 rings (SSSR count). The quantitative estimate of drug-likeness (QED) is 0.165. The average Bonchev–Trinajstić information content (AvgIpc) is 3.17. The minimum absolute atomic E-state index is 0.00264. The molecule has 0 radical (unpaired) electrons. The molecular weight excluding hydrogens is 382 g/mol. The zero-order chi connectivity index (χ0) is 21.8. The van der Waals surface area contributed by atoms with Crippen molar-refractivity contribution >= 4 is 23.7 Å². The highest BCUT2D eigenvalue weighted by molar-refractivity contribution is 5.92. The highest BCUT2D eigenvalue weighted by atomic mass is 16.4. The van der Waals surface area contributed by atoms with Gasteiger partial charge in [-0.2, -0.15) is 0 Å². The number of carboxylic acid groups (broad SMARTS) is 1. The monoisotopic (exact) mass is 411 g/mol. The first kappa shape index (κ1) is 24.0. The first-order valence-corrected chi connectivity index (χ1v) is 9.29. The Morgan fingerprint density at radius 2 is 1.79 bits per heavy atom. The number of imidazole rings is 1. The molecule has 1 aromatic heterocycles. The Morgan fingerprint density at radius 1 is 1.10 bits per heavy atom. The number of aliphatic carboxylic acids is 1. The second-order valence-electron chi connectivity index (χ2n) is 6.64. The fourth-order valence-electron chi connectivity index (χ4n) is 2.56. The number of aromatic amines is 1. The van der Waals surface area contributed by atoms with Crippen molar-refractivity contribution in [3.8, 4) is 0 Å². The average molecular weight is 411 g/mol. The van der Waals surface area contributed by atoms with Crippen LogP contribution in [-0.4, -0.2) is 63.4 Å². The van der Waals surface area contributed by atoms with Gasteiger partial charge in [0, 0.05) is 24.7 Å². The zero-order valence-corrected chi connectivity index (χ0v) is 16.1. The van der Waals surface area contributed by atoms with Crippen molar-refractivity contribution in [3.05, 3.63) is 18.2 Å². The zero-order valence-electron chi connectivity index (χ0n) is 16.1. The molecule has 162 valence electrons. The van der Waals surface area contributed by atoms with E-state index in [-0.39, 0.29) is 25.7 Å². The fourth-order valence-corrected chi connectivity index (χ4v) is 2.56. The maximum absolute atomic E-state index is 12.6. The Bertz CT molecular complexity index is 680. The SMILES string of the molecule is NCCCC[C@H](NC(=O)[C@@H](N)CCC(N)=O)C(=O)N[C@@H](Cc1cnc[nH]1)C(=O)O. The van der Waals surface area contributed by atoms with Crippen LogP contribution in [0, 0.1) is 0 Å². The molecule has 0 bridgehead atoms. The van der Waals surface area contributed by atoms with Gasteiger partial charge in [-0.3, -0.25) is 14.4 Å². The number of carbonyl (C=O) groups is 4. The summed E-state index contributed by atoms with van der Waals surface area (Å²) in [5.41, 5.74) is 16.8. The molecule has 12 nitrogen and oxygen atoms in total. The molecule has 0 saturated heterocycles. The Morgan fingerprint density at radius 3 is 2.34 bits per heavy atom. The number of hydrogen-bond donors (Lipinski definition) is 7. The number of rotatable bonds is 14. The third kappa shape index (κ3) is 9.17. The number of primary amides is 1. The molecule has 0 saturated carbocycles. The maximum Gasteiger partial charge on any atom is 0.326 e. The van der Waals surface area contributed by atoms with Crippen LogP contribution < -0.4 is 27.8 Å². The molecular formula is C17H29N7O5. The summed E-state index contributed by atoms with van der Waals surface area (Å²) < 4.78 is 0. The van der Waals surface area contributed by atoms with Crippen molar-refractivity contribution in [2.45, 2.75) is 56.7 Å². The molecule has 0 aliphatic carbocycles. The van der Waals surface area contributed by atoms with Crippen LogP contribution in [0.15, 0.2) is 12.5 Å². The van der Waals surface area contributed by atoms with Gasteiger partial charge in [0.2, 0.25) is 17.7 Å². The lowest BCUT2D eigenvalue weighted by Crippen LogP contribution is -2.54. The third-order valence-corrected chi connectivity index (χ3v) is 4.21. The van der Waals surface area contributed by atoms with Crippen molar-refractivity contribution in [1.82, 2.24) is 20.6 Å². The highest BCUT2D eigenvalue weighted by Crippen LogP contribution is 2.05. The summed E-state index contributed by atoms with van der Waals surface area (Å²) in [5, 5.41) is 14.3. The number of carbonyl (C=O) groups excluding carboxylic acids is 3. The molecule has 1 aromatic rings. The van der Waals surface area contributed by atoms with E-state index in [9.17, 15) is 24.3 Å². The van der Waals surface area contributed by atoms with E-state index in [0.29, 0.717) is 25.1 Å². The molecule has 0 unspecified atom stereocenters. The number of unbranched alkanes of at least 4 members (excludes halogenated alkanes) is 1. The van der Waals surface area contributed by atoms with E-state index in [1.54, 1.807) is 0 Å². The molecule has 0 aliphatic heterocycles. The van der Waals surface area contributed by atoms with Gasteiger partial charge in [0.25, 0.3) is 0 Å². The topological polar surface area (TPSA) is 219 Å². The van der Waals surface area contributed by atoms with Crippen LogP contribution in [0.3, 0.4) is 0 Å². The summed E-state index contributed by atoms with van der Waals surface area (Å²) in [7, 11) is 0. The van der Waals surface area contributed by atoms with Gasteiger partial charge in [0.05, 0.1) is 12.4 Å². The van der Waals surface area contributed by atoms with Gasteiger partial charge >= 0.3 is 5.97 Å². The van der Waals surface area contributed by atoms with E-state index in [4.69, 9.17) is 17.2 Å². The second kappa shape index (κ2) is 12.5. The number of amides is 3. The van der Waals surface area contributed by atoms with Crippen molar-refractivity contribution < 1.29 is 24.3 Å². The maximum atomic E-state index is 12.6. The predicted molar refractivity (Wildman–Crippen MR) is 103 cm³/mol. The van der Waals surface area contributed by atoms with Crippen LogP contribution in [-0.2, 0) is 25.6 Å². The van der Waals surface area contributed by atoms with Crippen LogP contribution in [0.25, 0.3) is 0 Å². The minimum atomic E-state index is -1.22. The number of H-pyrrole nitrogens is 1. The third-order valence-electron chi connectivity index (χ3n) is 4.21. The molecule has 12 heteroatoms. The smallest absolute Gasteiger partial charge is 0.326 e. The molecule has 0 spiro atoms. The molecule has 0 aliphatic rings. The van der Waals surface area contributed by atoms with E-state index < -0.39 is 41.8 Å². The van der Waals surface area contributed by atoms with Gasteiger partial charge in [-0.25, -0.2) is 9.78 Å². The molecule has 1 heterocycles. The van der Waals surface area contributed by atoms with E-state index in [1.807, 2.05) is 0 Å². The largest absolute Gasteiger partial charge is 0.480 e. The second-order valence-corrected chi connectivity index (χ2v) is 6.64. The van der Waals surface area contributed by atoms with Gasteiger partial charge in [-0.05, 0) is 32.2 Å². The van der Waals surface area contributed by atoms with Crippen LogP contribution in [0.4, 0.5) is 0 Å². The number of nitrogens with one attached hydrogen (secondary N) is 3. The fraction of sp³-hybridized carbons (Fsp3) is 0.588.